The summed E-state index contributed by atoms with van der Waals surface area (Å²) >= 11 is 0. The fourth-order valence-corrected chi connectivity index (χ4v) is 3.78. The Morgan fingerprint density at radius 3 is 2.82 bits per heavy atom. The van der Waals surface area contributed by atoms with Gasteiger partial charge in [-0.1, -0.05) is 13.8 Å². The molecule has 17 heavy (non-hydrogen) atoms. The van der Waals surface area contributed by atoms with Gasteiger partial charge >= 0.3 is 0 Å². The van der Waals surface area contributed by atoms with E-state index in [1.165, 1.54) is 19.3 Å². The van der Waals surface area contributed by atoms with Crippen molar-refractivity contribution < 1.29 is 0 Å². The molecule has 1 aromatic heterocycles. The quantitative estimate of drug-likeness (QED) is 0.867. The number of fused-ring (bicyclic) bond motifs is 2. The summed E-state index contributed by atoms with van der Waals surface area (Å²) in [7, 11) is 0. The van der Waals surface area contributed by atoms with Crippen molar-refractivity contribution in [1.29, 1.82) is 0 Å². The summed E-state index contributed by atoms with van der Waals surface area (Å²) in [6, 6.07) is 0.309. The molecule has 2 aliphatic rings. The predicted octanol–water partition coefficient (Wildman–Crippen LogP) is 1.77. The molecule has 3 rings (SSSR count). The highest BCUT2D eigenvalue weighted by Gasteiger charge is 2.48. The molecule has 2 aliphatic carbocycles. The second kappa shape index (κ2) is 4.09. The van der Waals surface area contributed by atoms with Crippen LogP contribution in [0.4, 0.5) is 0 Å². The van der Waals surface area contributed by atoms with Crippen molar-refractivity contribution in [2.45, 2.75) is 51.6 Å². The van der Waals surface area contributed by atoms with E-state index in [-0.39, 0.29) is 0 Å². The zero-order valence-electron chi connectivity index (χ0n) is 10.7. The van der Waals surface area contributed by atoms with Gasteiger partial charge in [0.15, 0.2) is 0 Å². The Kier molecular flexibility index (Phi) is 2.69. The molecule has 4 heteroatoms. The summed E-state index contributed by atoms with van der Waals surface area (Å²) < 4.78 is 2.22. The van der Waals surface area contributed by atoms with E-state index in [2.05, 4.69) is 28.6 Å². The molecule has 2 bridgehead atoms. The van der Waals surface area contributed by atoms with Gasteiger partial charge in [0.2, 0.25) is 0 Å². The first-order chi connectivity index (χ1) is 8.16. The van der Waals surface area contributed by atoms with E-state index in [9.17, 15) is 0 Å². The number of nitrogens with two attached hydrogens (primary N) is 1. The van der Waals surface area contributed by atoms with Crippen LogP contribution in [0.15, 0.2) is 6.33 Å². The Bertz CT molecular complexity index is 396. The van der Waals surface area contributed by atoms with Crippen LogP contribution in [0.5, 0.6) is 0 Å². The van der Waals surface area contributed by atoms with Crippen LogP contribution in [0.1, 0.15) is 44.9 Å². The molecule has 0 spiro atoms. The number of rotatable bonds is 3. The van der Waals surface area contributed by atoms with Gasteiger partial charge in [0.05, 0.1) is 0 Å². The molecule has 4 nitrogen and oxygen atoms in total. The number of aromatic nitrogens is 3. The predicted molar refractivity (Wildman–Crippen MR) is 66.4 cm³/mol. The fraction of sp³-hybridized carbons (Fsp3) is 0.846. The van der Waals surface area contributed by atoms with Gasteiger partial charge < -0.3 is 10.3 Å². The maximum Gasteiger partial charge on any atom is 0.137 e. The maximum absolute atomic E-state index is 6.37. The molecule has 0 saturated heterocycles. The van der Waals surface area contributed by atoms with Gasteiger partial charge in [-0.2, -0.15) is 0 Å². The first-order valence-corrected chi connectivity index (χ1v) is 6.80. The molecule has 4 unspecified atom stereocenters. The van der Waals surface area contributed by atoms with Crippen molar-refractivity contribution >= 4 is 0 Å². The highest BCUT2D eigenvalue weighted by molar-refractivity contribution is 5.13. The Labute approximate surface area is 103 Å². The van der Waals surface area contributed by atoms with Gasteiger partial charge in [-0.05, 0) is 37.0 Å². The summed E-state index contributed by atoms with van der Waals surface area (Å²) in [6.07, 6.45) is 5.83. The van der Waals surface area contributed by atoms with E-state index in [1.54, 1.807) is 0 Å². The molecule has 94 valence electrons. The minimum Gasteiger partial charge on any atom is -0.327 e. The molecule has 2 fully saturated rings. The molecular weight excluding hydrogens is 212 g/mol. The summed E-state index contributed by atoms with van der Waals surface area (Å²) in [6.45, 7) is 5.46. The van der Waals surface area contributed by atoms with Gasteiger partial charge in [-0.25, -0.2) is 0 Å². The van der Waals surface area contributed by atoms with Gasteiger partial charge in [-0.15, -0.1) is 10.2 Å². The van der Waals surface area contributed by atoms with Crippen LogP contribution in [-0.2, 0) is 6.54 Å². The molecular formula is C13H22N4. The maximum atomic E-state index is 6.37. The van der Waals surface area contributed by atoms with Crippen molar-refractivity contribution in [2.24, 2.45) is 23.5 Å². The molecule has 1 heterocycles. The third kappa shape index (κ3) is 1.79. The summed E-state index contributed by atoms with van der Waals surface area (Å²) in [4.78, 5) is 0. The lowest BCUT2D eigenvalue weighted by molar-refractivity contribution is 0.340. The average molecular weight is 234 g/mol. The third-order valence-corrected chi connectivity index (χ3v) is 4.49. The lowest BCUT2D eigenvalue weighted by Crippen LogP contribution is -2.35. The molecule has 0 aromatic carbocycles. The SMILES string of the molecule is CC(C)Cn1cnnc1C1C2CCC(C2)C1N. The highest BCUT2D eigenvalue weighted by atomic mass is 15.3. The van der Waals surface area contributed by atoms with Crippen LogP contribution in [-0.4, -0.2) is 20.8 Å². The molecule has 2 saturated carbocycles. The molecule has 4 atom stereocenters. The summed E-state index contributed by atoms with van der Waals surface area (Å²) in [5.41, 5.74) is 6.37. The minimum absolute atomic E-state index is 0.309. The van der Waals surface area contributed by atoms with Gasteiger partial charge in [-0.3, -0.25) is 0 Å². The van der Waals surface area contributed by atoms with Crippen molar-refractivity contribution in [2.75, 3.05) is 0 Å². The van der Waals surface area contributed by atoms with E-state index in [4.69, 9.17) is 5.73 Å². The number of hydrogen-bond donors (Lipinski definition) is 1. The molecule has 0 radical (unpaired) electrons. The van der Waals surface area contributed by atoms with E-state index in [0.29, 0.717) is 17.9 Å². The van der Waals surface area contributed by atoms with Crippen LogP contribution < -0.4 is 5.73 Å². The Morgan fingerprint density at radius 2 is 2.18 bits per heavy atom. The topological polar surface area (TPSA) is 56.7 Å². The van der Waals surface area contributed by atoms with Gasteiger partial charge in [0, 0.05) is 18.5 Å². The first kappa shape index (κ1) is 11.2. The monoisotopic (exact) mass is 234 g/mol. The van der Waals surface area contributed by atoms with Gasteiger partial charge in [0.25, 0.3) is 0 Å². The molecule has 0 aliphatic heterocycles. The van der Waals surface area contributed by atoms with Crippen LogP contribution in [0.25, 0.3) is 0 Å². The van der Waals surface area contributed by atoms with Gasteiger partial charge in [0.1, 0.15) is 12.2 Å². The van der Waals surface area contributed by atoms with E-state index in [1.807, 2.05) is 6.33 Å². The average Bonchev–Trinajstić information content (AvgIpc) is 2.92. The second-order valence-corrected chi connectivity index (χ2v) is 6.17. The van der Waals surface area contributed by atoms with Crippen molar-refractivity contribution in [3.63, 3.8) is 0 Å². The van der Waals surface area contributed by atoms with E-state index in [0.717, 1.165) is 24.2 Å². The number of nitrogens with zero attached hydrogens (tertiary/aromatic N) is 3. The van der Waals surface area contributed by atoms with Crippen molar-refractivity contribution in [3.05, 3.63) is 12.2 Å². The lowest BCUT2D eigenvalue weighted by Gasteiger charge is -2.27. The van der Waals surface area contributed by atoms with Crippen molar-refractivity contribution in [1.82, 2.24) is 14.8 Å². The van der Waals surface area contributed by atoms with Crippen LogP contribution in [0, 0.1) is 17.8 Å². The van der Waals surface area contributed by atoms with Crippen molar-refractivity contribution in [3.8, 4) is 0 Å². The standard InChI is InChI=1S/C13H22N4/c1-8(2)6-17-7-15-16-13(17)11-9-3-4-10(5-9)12(11)14/h7-12H,3-6,14H2,1-2H3. The number of hydrogen-bond acceptors (Lipinski definition) is 3. The zero-order chi connectivity index (χ0) is 12.0. The Balaban J connectivity index is 1.87. The van der Waals surface area contributed by atoms with E-state index < -0.39 is 0 Å². The molecule has 0 amide bonds. The minimum atomic E-state index is 0.309. The second-order valence-electron chi connectivity index (χ2n) is 6.17. The normalized spacial score (nSPS) is 36.0. The largest absolute Gasteiger partial charge is 0.327 e. The lowest BCUT2D eigenvalue weighted by atomic mass is 9.84. The third-order valence-electron chi connectivity index (χ3n) is 4.49. The zero-order valence-corrected chi connectivity index (χ0v) is 10.7. The summed E-state index contributed by atoms with van der Waals surface area (Å²) in [5.74, 6) is 3.70. The fourth-order valence-electron chi connectivity index (χ4n) is 3.78. The Hall–Kier alpha value is -0.900. The van der Waals surface area contributed by atoms with E-state index >= 15 is 0 Å². The molecule has 2 N–H and O–H groups in total. The Morgan fingerprint density at radius 1 is 1.41 bits per heavy atom. The summed E-state index contributed by atoms with van der Waals surface area (Å²) in [5, 5.41) is 8.45. The molecule has 1 aromatic rings. The first-order valence-electron chi connectivity index (χ1n) is 6.80. The van der Waals surface area contributed by atoms with Crippen LogP contribution >= 0.6 is 0 Å². The smallest absolute Gasteiger partial charge is 0.137 e. The van der Waals surface area contributed by atoms with Crippen LogP contribution in [0.3, 0.4) is 0 Å². The van der Waals surface area contributed by atoms with Crippen LogP contribution in [0.2, 0.25) is 0 Å². The highest BCUT2D eigenvalue weighted by Crippen LogP contribution is 2.51.